The van der Waals surface area contributed by atoms with E-state index in [2.05, 4.69) is 17.6 Å². The first-order chi connectivity index (χ1) is 16.7. The van der Waals surface area contributed by atoms with E-state index in [9.17, 15) is 9.59 Å². The van der Waals surface area contributed by atoms with Crippen LogP contribution in [0.25, 0.3) is 0 Å². The summed E-state index contributed by atoms with van der Waals surface area (Å²) < 4.78 is 0. The highest BCUT2D eigenvalue weighted by atomic mass is 16.2. The maximum Gasteiger partial charge on any atom is 0.324 e. The van der Waals surface area contributed by atoms with Gasteiger partial charge in [-0.2, -0.15) is 0 Å². The Balaban J connectivity index is 1.93. The van der Waals surface area contributed by atoms with Gasteiger partial charge in [0.2, 0.25) is 5.91 Å². The SMILES string of the molecule is CCCCCCCCCCCCCCCCCCCCNC(=O)N1CC(C)(C)NC(C)(C)CC1=O. The fraction of sp³-hybridized carbons (Fsp3) is 0.933. The number of carbonyl (C=O) groups is 2. The van der Waals surface area contributed by atoms with E-state index in [1.54, 1.807) is 0 Å². The lowest BCUT2D eigenvalue weighted by atomic mass is 9.96. The molecule has 0 radical (unpaired) electrons. The van der Waals surface area contributed by atoms with Crippen molar-refractivity contribution in [3.05, 3.63) is 0 Å². The van der Waals surface area contributed by atoms with Gasteiger partial charge in [0.1, 0.15) is 0 Å². The molecular formula is C30H59N3O2. The Morgan fingerprint density at radius 2 is 1.11 bits per heavy atom. The molecule has 0 saturated carbocycles. The first-order valence-corrected chi connectivity index (χ1v) is 15.0. The average Bonchev–Trinajstić information content (AvgIpc) is 2.86. The van der Waals surface area contributed by atoms with Crippen LogP contribution in [0.15, 0.2) is 0 Å². The molecular weight excluding hydrogens is 434 g/mol. The number of urea groups is 1. The van der Waals surface area contributed by atoms with Crippen LogP contribution in [-0.4, -0.2) is 41.0 Å². The van der Waals surface area contributed by atoms with E-state index < -0.39 is 0 Å². The van der Waals surface area contributed by atoms with Crippen molar-refractivity contribution >= 4 is 11.9 Å². The quantitative estimate of drug-likeness (QED) is 0.179. The van der Waals surface area contributed by atoms with Crippen molar-refractivity contribution in [1.82, 2.24) is 15.5 Å². The largest absolute Gasteiger partial charge is 0.338 e. The van der Waals surface area contributed by atoms with Crippen LogP contribution in [-0.2, 0) is 4.79 Å². The van der Waals surface area contributed by atoms with Crippen molar-refractivity contribution in [1.29, 1.82) is 0 Å². The number of hydrogen-bond donors (Lipinski definition) is 2. The van der Waals surface area contributed by atoms with Crippen LogP contribution in [0, 0.1) is 0 Å². The lowest BCUT2D eigenvalue weighted by Gasteiger charge is -2.34. The first kappa shape index (κ1) is 31.9. The van der Waals surface area contributed by atoms with E-state index in [0.29, 0.717) is 19.5 Å². The van der Waals surface area contributed by atoms with Gasteiger partial charge in [-0.25, -0.2) is 4.79 Å². The topological polar surface area (TPSA) is 61.4 Å². The summed E-state index contributed by atoms with van der Waals surface area (Å²) in [6.45, 7) is 11.5. The van der Waals surface area contributed by atoms with Crippen LogP contribution in [0.1, 0.15) is 157 Å². The van der Waals surface area contributed by atoms with E-state index in [-0.39, 0.29) is 23.0 Å². The molecule has 0 atom stereocenters. The van der Waals surface area contributed by atoms with Crippen molar-refractivity contribution in [2.24, 2.45) is 0 Å². The van der Waals surface area contributed by atoms with E-state index in [4.69, 9.17) is 0 Å². The minimum absolute atomic E-state index is 0.0941. The van der Waals surface area contributed by atoms with E-state index >= 15 is 0 Å². The number of nitrogens with zero attached hydrogens (tertiary/aromatic N) is 1. The molecule has 0 aromatic heterocycles. The fourth-order valence-electron chi connectivity index (χ4n) is 5.46. The summed E-state index contributed by atoms with van der Waals surface area (Å²) in [6.07, 6.45) is 24.7. The standard InChI is InChI=1S/C30H59N3O2/c1-6-7-8-9-10-11-12-13-14-15-16-17-18-19-20-21-22-23-24-31-28(35)33-26-30(4,5)32-29(2,3)25-27(33)34/h32H,6-26H2,1-5H3,(H,31,35). The third-order valence-electron chi connectivity index (χ3n) is 7.18. The molecule has 1 saturated heterocycles. The summed E-state index contributed by atoms with van der Waals surface area (Å²) in [6, 6.07) is -0.241. The molecule has 1 aliphatic heterocycles. The molecule has 5 heteroatoms. The zero-order chi connectivity index (χ0) is 26.0. The van der Waals surface area contributed by atoms with Gasteiger partial charge in [0.15, 0.2) is 0 Å². The van der Waals surface area contributed by atoms with Gasteiger partial charge < -0.3 is 10.6 Å². The molecule has 206 valence electrons. The molecule has 35 heavy (non-hydrogen) atoms. The molecule has 1 fully saturated rings. The maximum absolute atomic E-state index is 12.6. The van der Waals surface area contributed by atoms with Gasteiger partial charge in [0.05, 0.1) is 0 Å². The van der Waals surface area contributed by atoms with Crippen molar-refractivity contribution in [3.63, 3.8) is 0 Å². The highest BCUT2D eigenvalue weighted by Crippen LogP contribution is 2.22. The van der Waals surface area contributed by atoms with Crippen LogP contribution < -0.4 is 10.6 Å². The molecule has 1 aliphatic rings. The third kappa shape index (κ3) is 16.3. The zero-order valence-corrected chi connectivity index (χ0v) is 24.1. The molecule has 5 nitrogen and oxygen atoms in total. The Labute approximate surface area is 217 Å². The molecule has 0 unspecified atom stereocenters. The summed E-state index contributed by atoms with van der Waals surface area (Å²) >= 11 is 0. The van der Waals surface area contributed by atoms with Crippen molar-refractivity contribution in [2.45, 2.75) is 168 Å². The van der Waals surface area contributed by atoms with Crippen LogP contribution in [0.5, 0.6) is 0 Å². The second kappa shape index (κ2) is 18.2. The Morgan fingerprint density at radius 1 is 0.714 bits per heavy atom. The highest BCUT2D eigenvalue weighted by Gasteiger charge is 2.39. The molecule has 1 heterocycles. The van der Waals surface area contributed by atoms with Crippen LogP contribution in [0.2, 0.25) is 0 Å². The van der Waals surface area contributed by atoms with Crippen molar-refractivity contribution < 1.29 is 9.59 Å². The smallest absolute Gasteiger partial charge is 0.324 e. The van der Waals surface area contributed by atoms with Gasteiger partial charge in [-0.15, -0.1) is 0 Å². The molecule has 0 aromatic rings. The van der Waals surface area contributed by atoms with Gasteiger partial charge in [-0.3, -0.25) is 9.69 Å². The van der Waals surface area contributed by atoms with Crippen LogP contribution in [0.3, 0.4) is 0 Å². The normalized spacial score (nSPS) is 17.4. The zero-order valence-electron chi connectivity index (χ0n) is 24.1. The third-order valence-corrected chi connectivity index (χ3v) is 7.18. The molecule has 1 rings (SSSR count). The lowest BCUT2D eigenvalue weighted by molar-refractivity contribution is -0.128. The van der Waals surface area contributed by atoms with Crippen molar-refractivity contribution in [2.75, 3.05) is 13.1 Å². The number of hydrogen-bond acceptors (Lipinski definition) is 3. The number of imide groups is 1. The van der Waals surface area contributed by atoms with Gasteiger partial charge in [0.25, 0.3) is 0 Å². The van der Waals surface area contributed by atoms with Gasteiger partial charge in [-0.05, 0) is 34.1 Å². The Morgan fingerprint density at radius 3 is 1.54 bits per heavy atom. The van der Waals surface area contributed by atoms with E-state index in [0.717, 1.165) is 12.8 Å². The number of unbranched alkanes of at least 4 members (excludes halogenated alkanes) is 17. The summed E-state index contributed by atoms with van der Waals surface area (Å²) in [4.78, 5) is 26.6. The number of carbonyl (C=O) groups excluding carboxylic acids is 2. The van der Waals surface area contributed by atoms with E-state index in [1.165, 1.54) is 108 Å². The van der Waals surface area contributed by atoms with Gasteiger partial charge >= 0.3 is 6.03 Å². The minimum atomic E-state index is -0.303. The second-order valence-corrected chi connectivity index (χ2v) is 12.3. The monoisotopic (exact) mass is 493 g/mol. The summed E-state index contributed by atoms with van der Waals surface area (Å²) in [7, 11) is 0. The minimum Gasteiger partial charge on any atom is -0.338 e. The molecule has 0 spiro atoms. The highest BCUT2D eigenvalue weighted by molar-refractivity contribution is 5.95. The summed E-state index contributed by atoms with van der Waals surface area (Å²) in [5.41, 5.74) is -0.594. The Bertz CT molecular complexity index is 574. The summed E-state index contributed by atoms with van der Waals surface area (Å²) in [5.74, 6) is -0.0941. The number of nitrogens with one attached hydrogen (secondary N) is 2. The number of amides is 3. The van der Waals surface area contributed by atoms with Crippen molar-refractivity contribution in [3.8, 4) is 0 Å². The average molecular weight is 494 g/mol. The predicted octanol–water partition coefficient (Wildman–Crippen LogP) is 8.12. The summed E-state index contributed by atoms with van der Waals surface area (Å²) in [5, 5.41) is 6.46. The fourth-order valence-corrected chi connectivity index (χ4v) is 5.46. The Kier molecular flexibility index (Phi) is 16.6. The predicted molar refractivity (Wildman–Crippen MR) is 150 cm³/mol. The molecule has 0 bridgehead atoms. The maximum atomic E-state index is 12.6. The first-order valence-electron chi connectivity index (χ1n) is 15.0. The molecule has 3 amide bonds. The molecule has 0 aliphatic carbocycles. The van der Waals surface area contributed by atoms with Crippen LogP contribution >= 0.6 is 0 Å². The molecule has 0 aromatic carbocycles. The number of rotatable bonds is 19. The van der Waals surface area contributed by atoms with Gasteiger partial charge in [0, 0.05) is 30.6 Å². The van der Waals surface area contributed by atoms with E-state index in [1.807, 2.05) is 27.7 Å². The molecule has 2 N–H and O–H groups in total. The Hall–Kier alpha value is -1.10. The van der Waals surface area contributed by atoms with Crippen LogP contribution in [0.4, 0.5) is 4.79 Å². The second-order valence-electron chi connectivity index (χ2n) is 12.3. The lowest BCUT2D eigenvalue weighted by Crippen LogP contribution is -2.55. The van der Waals surface area contributed by atoms with Gasteiger partial charge in [-0.1, -0.05) is 116 Å².